The lowest BCUT2D eigenvalue weighted by atomic mass is 9.88. The van der Waals surface area contributed by atoms with Gasteiger partial charge in [-0.05, 0) is 41.8 Å². The van der Waals surface area contributed by atoms with Gasteiger partial charge in [0.25, 0.3) is 0 Å². The molecule has 0 aliphatic heterocycles. The average Bonchev–Trinajstić information content (AvgIpc) is 3.07. The Morgan fingerprint density at radius 3 is 2.30 bits per heavy atom. The molecule has 0 saturated carbocycles. The fraction of sp³-hybridized carbons (Fsp3) is 0.167. The van der Waals surface area contributed by atoms with Crippen molar-refractivity contribution in [2.24, 2.45) is 0 Å². The van der Waals surface area contributed by atoms with E-state index in [4.69, 9.17) is 11.6 Å². The average molecular weight is 347 g/mol. The largest absolute Gasteiger partial charge is 0.361 e. The minimum atomic E-state index is -0.218. The quantitative estimate of drug-likeness (QED) is 0.631. The smallest absolute Gasteiger partial charge is 0.182 e. The summed E-state index contributed by atoms with van der Waals surface area (Å²) < 4.78 is 13.2. The second-order valence-corrected chi connectivity index (χ2v) is 6.54. The molecule has 23 heavy (non-hydrogen) atoms. The molecule has 1 heterocycles. The van der Waals surface area contributed by atoms with Gasteiger partial charge >= 0.3 is 0 Å². The van der Waals surface area contributed by atoms with Crippen LogP contribution in [0.1, 0.15) is 23.5 Å². The zero-order valence-electron chi connectivity index (χ0n) is 12.4. The lowest BCUT2D eigenvalue weighted by Crippen LogP contribution is -2.09. The van der Waals surface area contributed by atoms with E-state index in [-0.39, 0.29) is 11.7 Å². The maximum atomic E-state index is 13.2. The number of thiazole rings is 1. The van der Waals surface area contributed by atoms with E-state index < -0.39 is 0 Å². The Balaban J connectivity index is 1.77. The van der Waals surface area contributed by atoms with Gasteiger partial charge in [0.05, 0.1) is 0 Å². The van der Waals surface area contributed by atoms with Crippen LogP contribution in [0.2, 0.25) is 5.02 Å². The minimum Gasteiger partial charge on any atom is -0.361 e. The van der Waals surface area contributed by atoms with Gasteiger partial charge in [-0.3, -0.25) is 0 Å². The van der Waals surface area contributed by atoms with E-state index in [1.807, 2.05) is 41.8 Å². The summed E-state index contributed by atoms with van der Waals surface area (Å²) in [5.74, 6) is -0.0372. The molecular weight excluding hydrogens is 331 g/mol. The van der Waals surface area contributed by atoms with Crippen molar-refractivity contribution in [1.29, 1.82) is 0 Å². The van der Waals surface area contributed by atoms with Gasteiger partial charge < -0.3 is 5.32 Å². The first kappa shape index (κ1) is 16.0. The van der Waals surface area contributed by atoms with Crippen LogP contribution in [-0.2, 0) is 0 Å². The first-order valence-corrected chi connectivity index (χ1v) is 8.62. The molecule has 1 atom stereocenters. The van der Waals surface area contributed by atoms with Crippen molar-refractivity contribution in [1.82, 2.24) is 4.98 Å². The molecule has 1 N–H and O–H groups in total. The third-order valence-corrected chi connectivity index (χ3v) is 4.67. The van der Waals surface area contributed by atoms with Crippen molar-refractivity contribution >= 4 is 28.1 Å². The molecule has 0 fully saturated rings. The van der Waals surface area contributed by atoms with Gasteiger partial charge in [-0.15, -0.1) is 11.3 Å². The number of nitrogens with one attached hydrogen (secondary N) is 1. The summed E-state index contributed by atoms with van der Waals surface area (Å²) in [6, 6.07) is 14.5. The van der Waals surface area contributed by atoms with Crippen LogP contribution < -0.4 is 5.32 Å². The molecule has 5 heteroatoms. The summed E-state index contributed by atoms with van der Waals surface area (Å²) in [7, 11) is 0. The van der Waals surface area contributed by atoms with Gasteiger partial charge in [-0.1, -0.05) is 35.9 Å². The predicted octanol–water partition coefficient (Wildman–Crippen LogP) is 5.57. The summed E-state index contributed by atoms with van der Waals surface area (Å²) in [5.41, 5.74) is 2.26. The minimum absolute atomic E-state index is 0.181. The molecule has 0 unspecified atom stereocenters. The van der Waals surface area contributed by atoms with Gasteiger partial charge in [0.15, 0.2) is 5.13 Å². The van der Waals surface area contributed by atoms with Crippen molar-refractivity contribution in [3.63, 3.8) is 0 Å². The van der Waals surface area contributed by atoms with Crippen LogP contribution in [0.15, 0.2) is 60.1 Å². The molecule has 0 bridgehead atoms. The monoisotopic (exact) mass is 346 g/mol. The predicted molar refractivity (Wildman–Crippen MR) is 94.9 cm³/mol. The van der Waals surface area contributed by atoms with Gasteiger partial charge in [0.1, 0.15) is 5.82 Å². The summed E-state index contributed by atoms with van der Waals surface area (Å²) in [6.45, 7) is 0.790. The molecule has 3 rings (SSSR count). The number of rotatable bonds is 6. The third-order valence-electron chi connectivity index (χ3n) is 3.69. The molecule has 0 radical (unpaired) electrons. The van der Waals surface area contributed by atoms with Crippen molar-refractivity contribution in [3.05, 3.63) is 82.1 Å². The van der Waals surface area contributed by atoms with Gasteiger partial charge in [-0.2, -0.15) is 0 Å². The Morgan fingerprint density at radius 1 is 1.04 bits per heavy atom. The molecule has 2 aromatic carbocycles. The fourth-order valence-corrected chi connectivity index (χ4v) is 3.23. The fourth-order valence-electron chi connectivity index (χ4n) is 2.55. The molecular formula is C18H16ClFN2S. The molecule has 118 valence electrons. The number of aromatic nitrogens is 1. The van der Waals surface area contributed by atoms with E-state index in [1.165, 1.54) is 17.7 Å². The van der Waals surface area contributed by atoms with Crippen LogP contribution in [0.3, 0.4) is 0 Å². The van der Waals surface area contributed by atoms with Crippen molar-refractivity contribution in [2.75, 3.05) is 11.9 Å². The highest BCUT2D eigenvalue weighted by Crippen LogP contribution is 2.29. The van der Waals surface area contributed by atoms with Gasteiger partial charge in [-0.25, -0.2) is 9.37 Å². The van der Waals surface area contributed by atoms with Crippen LogP contribution in [0.5, 0.6) is 0 Å². The van der Waals surface area contributed by atoms with Gasteiger partial charge in [0.2, 0.25) is 0 Å². The summed E-state index contributed by atoms with van der Waals surface area (Å²) in [4.78, 5) is 4.22. The van der Waals surface area contributed by atoms with E-state index in [9.17, 15) is 4.39 Å². The SMILES string of the molecule is Fc1ccc([C@H](CCNc2nccs2)c2ccc(Cl)cc2)cc1. The van der Waals surface area contributed by atoms with E-state index in [0.717, 1.165) is 23.7 Å². The molecule has 0 aliphatic rings. The zero-order chi connectivity index (χ0) is 16.1. The maximum Gasteiger partial charge on any atom is 0.182 e. The maximum absolute atomic E-state index is 13.2. The van der Waals surface area contributed by atoms with Gasteiger partial charge in [0, 0.05) is 29.1 Å². The number of hydrogen-bond acceptors (Lipinski definition) is 3. The summed E-state index contributed by atoms with van der Waals surface area (Å²) in [5, 5.41) is 6.90. The van der Waals surface area contributed by atoms with Crippen LogP contribution >= 0.6 is 22.9 Å². The molecule has 3 aromatic rings. The first-order chi connectivity index (χ1) is 11.2. The highest BCUT2D eigenvalue weighted by molar-refractivity contribution is 7.13. The van der Waals surface area contributed by atoms with E-state index >= 15 is 0 Å². The summed E-state index contributed by atoms with van der Waals surface area (Å²) >= 11 is 7.57. The first-order valence-electron chi connectivity index (χ1n) is 7.36. The second-order valence-electron chi connectivity index (χ2n) is 5.21. The highest BCUT2D eigenvalue weighted by atomic mass is 35.5. The molecule has 0 spiro atoms. The number of benzene rings is 2. The number of anilines is 1. The number of nitrogens with zero attached hydrogens (tertiary/aromatic N) is 1. The lowest BCUT2D eigenvalue weighted by Gasteiger charge is -2.18. The van der Waals surface area contributed by atoms with E-state index in [2.05, 4.69) is 10.3 Å². The Labute approximate surface area is 144 Å². The highest BCUT2D eigenvalue weighted by Gasteiger charge is 2.14. The van der Waals surface area contributed by atoms with E-state index in [1.54, 1.807) is 17.5 Å². The normalized spacial score (nSPS) is 12.1. The number of hydrogen-bond donors (Lipinski definition) is 1. The topological polar surface area (TPSA) is 24.9 Å². The van der Waals surface area contributed by atoms with Crippen LogP contribution in [-0.4, -0.2) is 11.5 Å². The Hall–Kier alpha value is -1.91. The number of halogens is 2. The van der Waals surface area contributed by atoms with Crippen LogP contribution in [0.4, 0.5) is 9.52 Å². The molecule has 2 nitrogen and oxygen atoms in total. The standard InChI is InChI=1S/C18H16ClFN2S/c19-15-5-1-13(2-6-15)17(14-3-7-16(20)8-4-14)9-10-21-18-22-11-12-23-18/h1-8,11-12,17H,9-10H2,(H,21,22)/t17-/m1/s1. The second kappa shape index (κ2) is 7.57. The molecule has 0 aliphatic carbocycles. The van der Waals surface area contributed by atoms with E-state index in [0.29, 0.717) is 5.02 Å². The molecule has 0 amide bonds. The molecule has 0 saturated heterocycles. The molecule has 1 aromatic heterocycles. The van der Waals surface area contributed by atoms with Crippen molar-refractivity contribution in [2.45, 2.75) is 12.3 Å². The van der Waals surface area contributed by atoms with Crippen molar-refractivity contribution < 1.29 is 4.39 Å². The lowest BCUT2D eigenvalue weighted by molar-refractivity contribution is 0.625. The van der Waals surface area contributed by atoms with Crippen LogP contribution in [0.25, 0.3) is 0 Å². The Bertz CT molecular complexity index is 681. The third kappa shape index (κ3) is 4.30. The Morgan fingerprint density at radius 2 is 1.70 bits per heavy atom. The van der Waals surface area contributed by atoms with Crippen LogP contribution in [0, 0.1) is 5.82 Å². The van der Waals surface area contributed by atoms with Crippen molar-refractivity contribution in [3.8, 4) is 0 Å². The zero-order valence-corrected chi connectivity index (χ0v) is 13.9. The Kier molecular flexibility index (Phi) is 5.26. The summed E-state index contributed by atoms with van der Waals surface area (Å²) in [6.07, 6.45) is 2.66.